The van der Waals surface area contributed by atoms with Crippen LogP contribution in [0.4, 0.5) is 4.39 Å². The SMILES string of the molecule is O=C(c1ccc(Cl)cc1)N1CCN(C2=C([N+](=O)[O-])C(=O)N(Cc3ccc(F)cc3)C3CCCCC23)CC1. The van der Waals surface area contributed by atoms with E-state index in [2.05, 4.69) is 0 Å². The second-order valence-corrected chi connectivity index (χ2v) is 10.2. The Morgan fingerprint density at radius 2 is 1.65 bits per heavy atom. The molecule has 0 radical (unpaired) electrons. The van der Waals surface area contributed by atoms with E-state index >= 15 is 0 Å². The van der Waals surface area contributed by atoms with Crippen LogP contribution in [-0.2, 0) is 11.3 Å². The molecule has 2 fully saturated rings. The van der Waals surface area contributed by atoms with Crippen molar-refractivity contribution < 1.29 is 18.9 Å². The highest BCUT2D eigenvalue weighted by Gasteiger charge is 2.50. The van der Waals surface area contributed by atoms with Gasteiger partial charge in [-0.15, -0.1) is 0 Å². The van der Waals surface area contributed by atoms with E-state index in [1.54, 1.807) is 46.2 Å². The zero-order valence-electron chi connectivity index (χ0n) is 20.3. The number of halogens is 2. The summed E-state index contributed by atoms with van der Waals surface area (Å²) in [5, 5.41) is 12.8. The number of rotatable bonds is 5. The van der Waals surface area contributed by atoms with Crippen molar-refractivity contribution in [3.8, 4) is 0 Å². The molecular formula is C27H28ClFN4O4. The topological polar surface area (TPSA) is 87.0 Å². The molecule has 3 aliphatic rings. The number of nitrogens with zero attached hydrogens (tertiary/aromatic N) is 4. The van der Waals surface area contributed by atoms with Crippen molar-refractivity contribution >= 4 is 23.4 Å². The number of benzene rings is 2. The molecule has 1 saturated carbocycles. The Kier molecular flexibility index (Phi) is 7.15. The minimum absolute atomic E-state index is 0.111. The highest BCUT2D eigenvalue weighted by molar-refractivity contribution is 6.30. The van der Waals surface area contributed by atoms with E-state index in [9.17, 15) is 24.1 Å². The van der Waals surface area contributed by atoms with Gasteiger partial charge in [-0.1, -0.05) is 36.6 Å². The maximum atomic E-state index is 13.6. The van der Waals surface area contributed by atoms with E-state index in [1.165, 1.54) is 12.1 Å². The Labute approximate surface area is 219 Å². The zero-order chi connectivity index (χ0) is 26.1. The van der Waals surface area contributed by atoms with Crippen molar-refractivity contribution in [2.75, 3.05) is 26.2 Å². The van der Waals surface area contributed by atoms with Gasteiger partial charge in [-0.2, -0.15) is 0 Å². The van der Waals surface area contributed by atoms with Gasteiger partial charge in [-0.25, -0.2) is 4.39 Å². The van der Waals surface area contributed by atoms with E-state index in [0.29, 0.717) is 42.5 Å². The molecule has 0 spiro atoms. The molecule has 37 heavy (non-hydrogen) atoms. The predicted molar refractivity (Wildman–Crippen MR) is 136 cm³/mol. The van der Waals surface area contributed by atoms with E-state index < -0.39 is 10.8 Å². The lowest BCUT2D eigenvalue weighted by atomic mass is 9.77. The minimum Gasteiger partial charge on any atom is -0.365 e. The normalized spacial score (nSPS) is 22.2. The smallest absolute Gasteiger partial charge is 0.352 e. The Balaban J connectivity index is 1.40. The minimum atomic E-state index is -0.591. The third-order valence-corrected chi connectivity index (χ3v) is 7.89. The van der Waals surface area contributed by atoms with E-state index in [0.717, 1.165) is 31.2 Å². The summed E-state index contributed by atoms with van der Waals surface area (Å²) in [6.45, 7) is 1.84. The zero-order valence-corrected chi connectivity index (χ0v) is 21.1. The molecule has 0 aromatic heterocycles. The number of hydrogen-bond acceptors (Lipinski definition) is 5. The van der Waals surface area contributed by atoms with E-state index in [4.69, 9.17) is 11.6 Å². The molecule has 0 bridgehead atoms. The van der Waals surface area contributed by atoms with Crippen LogP contribution in [0.3, 0.4) is 0 Å². The highest BCUT2D eigenvalue weighted by Crippen LogP contribution is 2.42. The van der Waals surface area contributed by atoms with Gasteiger partial charge >= 0.3 is 11.6 Å². The molecule has 2 aromatic rings. The van der Waals surface area contributed by atoms with Crippen LogP contribution in [0.15, 0.2) is 59.9 Å². The van der Waals surface area contributed by atoms with Gasteiger partial charge in [0.1, 0.15) is 11.5 Å². The van der Waals surface area contributed by atoms with Crippen LogP contribution >= 0.6 is 11.6 Å². The van der Waals surface area contributed by atoms with Gasteiger partial charge in [-0.3, -0.25) is 19.7 Å². The summed E-state index contributed by atoms with van der Waals surface area (Å²) >= 11 is 5.94. The fourth-order valence-corrected chi connectivity index (χ4v) is 5.96. The third kappa shape index (κ3) is 5.05. The van der Waals surface area contributed by atoms with Gasteiger partial charge in [0.05, 0.1) is 4.92 Å². The third-order valence-electron chi connectivity index (χ3n) is 7.63. The number of carbonyl (C=O) groups is 2. The fraction of sp³-hybridized carbons (Fsp3) is 0.407. The van der Waals surface area contributed by atoms with E-state index in [-0.39, 0.29) is 35.9 Å². The summed E-state index contributed by atoms with van der Waals surface area (Å²) in [5.41, 5.74) is 1.41. The van der Waals surface area contributed by atoms with Gasteiger partial charge < -0.3 is 14.7 Å². The van der Waals surface area contributed by atoms with Crippen LogP contribution < -0.4 is 0 Å². The maximum absolute atomic E-state index is 13.6. The van der Waals surface area contributed by atoms with Crippen LogP contribution in [-0.4, -0.2) is 63.7 Å². The number of amides is 2. The highest BCUT2D eigenvalue weighted by atomic mass is 35.5. The van der Waals surface area contributed by atoms with Crippen molar-refractivity contribution in [1.82, 2.24) is 14.7 Å². The molecule has 194 valence electrons. The monoisotopic (exact) mass is 526 g/mol. The molecule has 2 aliphatic heterocycles. The molecular weight excluding hydrogens is 499 g/mol. The van der Waals surface area contributed by atoms with Gasteiger partial charge in [0.15, 0.2) is 0 Å². The van der Waals surface area contributed by atoms with Crippen molar-refractivity contribution in [3.63, 3.8) is 0 Å². The van der Waals surface area contributed by atoms with Gasteiger partial charge in [-0.05, 0) is 54.8 Å². The van der Waals surface area contributed by atoms with Crippen molar-refractivity contribution in [3.05, 3.63) is 92.0 Å². The molecule has 2 amide bonds. The fourth-order valence-electron chi connectivity index (χ4n) is 5.83. The lowest BCUT2D eigenvalue weighted by Gasteiger charge is -2.47. The van der Waals surface area contributed by atoms with Crippen LogP contribution in [0.1, 0.15) is 41.6 Å². The van der Waals surface area contributed by atoms with Crippen molar-refractivity contribution in [2.45, 2.75) is 38.3 Å². The second-order valence-electron chi connectivity index (χ2n) is 9.79. The Hall–Kier alpha value is -3.46. The average Bonchev–Trinajstić information content (AvgIpc) is 2.91. The quantitative estimate of drug-likeness (QED) is 0.427. The molecule has 8 nitrogen and oxygen atoms in total. The average molecular weight is 527 g/mol. The molecule has 2 heterocycles. The summed E-state index contributed by atoms with van der Waals surface area (Å²) in [7, 11) is 0. The standard InChI is InChI=1S/C27H28ClFN4O4/c28-20-9-7-19(8-10-20)26(34)31-15-13-30(14-16-31)24-22-3-1-2-4-23(22)32(27(35)25(24)33(36)37)17-18-5-11-21(29)12-6-18/h5-12,22-23H,1-4,13-17H2. The Morgan fingerprint density at radius 1 is 1.00 bits per heavy atom. The predicted octanol–water partition coefficient (Wildman–Crippen LogP) is 4.33. The van der Waals surface area contributed by atoms with Crippen molar-refractivity contribution in [2.24, 2.45) is 5.92 Å². The largest absolute Gasteiger partial charge is 0.365 e. The van der Waals surface area contributed by atoms with Gasteiger partial charge in [0, 0.05) is 55.3 Å². The first-order valence-electron chi connectivity index (χ1n) is 12.6. The Morgan fingerprint density at radius 3 is 2.30 bits per heavy atom. The molecule has 1 aliphatic carbocycles. The Bertz CT molecular complexity index is 1230. The first-order valence-corrected chi connectivity index (χ1v) is 12.9. The summed E-state index contributed by atoms with van der Waals surface area (Å²) in [6, 6.07) is 12.5. The molecule has 2 unspecified atom stereocenters. The van der Waals surface area contributed by atoms with Crippen LogP contribution in [0, 0.1) is 21.8 Å². The lowest BCUT2D eigenvalue weighted by Crippen LogP contribution is -2.57. The summed E-state index contributed by atoms with van der Waals surface area (Å²) in [4.78, 5) is 43.5. The van der Waals surface area contributed by atoms with Crippen LogP contribution in [0.2, 0.25) is 5.02 Å². The molecule has 10 heteroatoms. The molecule has 0 N–H and O–H groups in total. The number of piperazine rings is 1. The summed E-state index contributed by atoms with van der Waals surface area (Å²) in [6.07, 6.45) is 3.40. The lowest BCUT2D eigenvalue weighted by molar-refractivity contribution is -0.424. The number of nitro groups is 1. The first-order chi connectivity index (χ1) is 17.8. The maximum Gasteiger partial charge on any atom is 0.352 e. The van der Waals surface area contributed by atoms with Gasteiger partial charge in [0.2, 0.25) is 0 Å². The molecule has 2 atom stereocenters. The number of fused-ring (bicyclic) bond motifs is 1. The van der Waals surface area contributed by atoms with Crippen LogP contribution in [0.5, 0.6) is 0 Å². The number of hydrogen-bond donors (Lipinski definition) is 0. The summed E-state index contributed by atoms with van der Waals surface area (Å²) in [5.74, 6) is -1.22. The van der Waals surface area contributed by atoms with Gasteiger partial charge in [0.25, 0.3) is 5.91 Å². The molecule has 5 rings (SSSR count). The van der Waals surface area contributed by atoms with Crippen LogP contribution in [0.25, 0.3) is 0 Å². The molecule has 2 aromatic carbocycles. The molecule has 1 saturated heterocycles. The number of carbonyl (C=O) groups excluding carboxylic acids is 2. The first kappa shape index (κ1) is 25.2. The second kappa shape index (κ2) is 10.5. The van der Waals surface area contributed by atoms with Crippen molar-refractivity contribution in [1.29, 1.82) is 0 Å². The summed E-state index contributed by atoms with van der Waals surface area (Å²) < 4.78 is 13.4. The van der Waals surface area contributed by atoms with E-state index in [1.807, 2.05) is 4.90 Å².